The van der Waals surface area contributed by atoms with Crippen LogP contribution in [0.3, 0.4) is 0 Å². The van der Waals surface area contributed by atoms with Crippen LogP contribution in [0.25, 0.3) is 0 Å². The van der Waals surface area contributed by atoms with E-state index in [1.807, 2.05) is 36.5 Å². The minimum absolute atomic E-state index is 0.741. The van der Waals surface area contributed by atoms with E-state index in [1.165, 1.54) is 0 Å². The van der Waals surface area contributed by atoms with Gasteiger partial charge >= 0.3 is 0 Å². The standard InChI is InChI=1S/C12H13P/c1-11-7-3-5-9-13-10-6-4-8-12(11)2/h3-10,13H,1-2H2/b7-3-,8-4-,9-5-,10-6-. The first-order chi connectivity index (χ1) is 6.30. The Morgan fingerprint density at radius 2 is 1.23 bits per heavy atom. The Morgan fingerprint density at radius 3 is 1.69 bits per heavy atom. The molecular formula is C12H13P. The normalized spacial score (nSPS) is 27.4. The Hall–Kier alpha value is -1.13. The van der Waals surface area contributed by atoms with Gasteiger partial charge in [-0.2, -0.15) is 0 Å². The van der Waals surface area contributed by atoms with Gasteiger partial charge in [0.25, 0.3) is 0 Å². The van der Waals surface area contributed by atoms with Gasteiger partial charge in [0.05, 0.1) is 0 Å². The summed E-state index contributed by atoms with van der Waals surface area (Å²) in [5, 5.41) is 0. The molecule has 0 aromatic carbocycles. The minimum Gasteiger partial charge on any atom is -0.0912 e. The Balaban J connectivity index is 2.82. The summed E-state index contributed by atoms with van der Waals surface area (Å²) >= 11 is 0. The molecule has 0 spiro atoms. The third-order valence-electron chi connectivity index (χ3n) is 1.61. The molecule has 0 nitrogen and oxygen atoms in total. The van der Waals surface area contributed by atoms with Crippen LogP contribution in [0.1, 0.15) is 0 Å². The monoisotopic (exact) mass is 188 g/mol. The molecular weight excluding hydrogens is 175 g/mol. The average Bonchev–Trinajstić information content (AvgIpc) is 2.16. The molecule has 0 aromatic rings. The number of hydrogen-bond donors (Lipinski definition) is 0. The lowest BCUT2D eigenvalue weighted by Gasteiger charge is -1.96. The van der Waals surface area contributed by atoms with E-state index in [-0.39, 0.29) is 0 Å². The Morgan fingerprint density at radius 1 is 0.769 bits per heavy atom. The van der Waals surface area contributed by atoms with Crippen LogP contribution in [0.5, 0.6) is 0 Å². The van der Waals surface area contributed by atoms with Crippen molar-refractivity contribution in [3.05, 3.63) is 72.4 Å². The van der Waals surface area contributed by atoms with Gasteiger partial charge in [0, 0.05) is 0 Å². The molecule has 1 heteroatoms. The van der Waals surface area contributed by atoms with Gasteiger partial charge < -0.3 is 0 Å². The minimum atomic E-state index is 0.741. The molecule has 1 aliphatic rings. The van der Waals surface area contributed by atoms with Crippen molar-refractivity contribution in [3.8, 4) is 0 Å². The zero-order chi connectivity index (χ0) is 9.52. The van der Waals surface area contributed by atoms with Crippen molar-refractivity contribution >= 4 is 8.58 Å². The van der Waals surface area contributed by atoms with E-state index in [4.69, 9.17) is 0 Å². The first kappa shape index (κ1) is 9.95. The molecule has 0 aliphatic carbocycles. The van der Waals surface area contributed by atoms with Crippen molar-refractivity contribution in [1.82, 2.24) is 0 Å². The Labute approximate surface area is 81.5 Å². The quantitative estimate of drug-likeness (QED) is 0.505. The van der Waals surface area contributed by atoms with Crippen molar-refractivity contribution in [2.75, 3.05) is 0 Å². The Kier molecular flexibility index (Phi) is 4.21. The molecule has 66 valence electrons. The maximum Gasteiger partial charge on any atom is -0.0262 e. The zero-order valence-electron chi connectivity index (χ0n) is 7.53. The molecule has 1 rings (SSSR count). The SMILES string of the molecule is C=C1/C=C\C=C/P/C=C\C=C/C1=C. The van der Waals surface area contributed by atoms with Crippen LogP contribution < -0.4 is 0 Å². The summed E-state index contributed by atoms with van der Waals surface area (Å²) in [5.41, 5.74) is 1.92. The lowest BCUT2D eigenvalue weighted by molar-refractivity contribution is 1.60. The maximum atomic E-state index is 3.91. The van der Waals surface area contributed by atoms with E-state index in [0.717, 1.165) is 19.7 Å². The molecule has 0 unspecified atom stereocenters. The fraction of sp³-hybridized carbons (Fsp3) is 0. The van der Waals surface area contributed by atoms with E-state index >= 15 is 0 Å². The topological polar surface area (TPSA) is 0 Å². The van der Waals surface area contributed by atoms with Crippen molar-refractivity contribution in [2.45, 2.75) is 0 Å². The second-order valence-electron chi connectivity index (χ2n) is 2.65. The van der Waals surface area contributed by atoms with Gasteiger partial charge in [-0.05, 0) is 11.1 Å². The zero-order valence-corrected chi connectivity index (χ0v) is 8.53. The van der Waals surface area contributed by atoms with Crippen LogP contribution in [0.4, 0.5) is 0 Å². The highest BCUT2D eigenvalue weighted by Gasteiger charge is 1.89. The average molecular weight is 188 g/mol. The maximum absolute atomic E-state index is 3.91. The molecule has 0 bridgehead atoms. The summed E-state index contributed by atoms with van der Waals surface area (Å²) in [5.74, 6) is 4.25. The van der Waals surface area contributed by atoms with Crippen molar-refractivity contribution < 1.29 is 0 Å². The van der Waals surface area contributed by atoms with Gasteiger partial charge in [-0.15, -0.1) is 0 Å². The largest absolute Gasteiger partial charge is 0.0912 e. The van der Waals surface area contributed by atoms with Gasteiger partial charge in [0.1, 0.15) is 0 Å². The molecule has 0 atom stereocenters. The van der Waals surface area contributed by atoms with Gasteiger partial charge in [0.2, 0.25) is 0 Å². The summed E-state index contributed by atoms with van der Waals surface area (Å²) in [7, 11) is 0.741. The molecule has 0 radical (unpaired) electrons. The summed E-state index contributed by atoms with van der Waals surface area (Å²) in [6, 6.07) is 0. The fourth-order valence-electron chi connectivity index (χ4n) is 0.835. The molecule has 0 saturated carbocycles. The molecule has 0 N–H and O–H groups in total. The highest BCUT2D eigenvalue weighted by atomic mass is 31.1. The second-order valence-corrected chi connectivity index (χ2v) is 3.65. The first-order valence-electron chi connectivity index (χ1n) is 4.11. The van der Waals surface area contributed by atoms with E-state index in [1.54, 1.807) is 0 Å². The van der Waals surface area contributed by atoms with E-state index in [0.29, 0.717) is 0 Å². The number of hydrogen-bond acceptors (Lipinski definition) is 0. The highest BCUT2D eigenvalue weighted by Crippen LogP contribution is 2.15. The van der Waals surface area contributed by atoms with Crippen LogP contribution >= 0.6 is 8.58 Å². The fourth-order valence-corrected chi connectivity index (χ4v) is 1.39. The lowest BCUT2D eigenvalue weighted by atomic mass is 10.1. The first-order valence-corrected chi connectivity index (χ1v) is 5.27. The van der Waals surface area contributed by atoms with Crippen LogP contribution in [0.15, 0.2) is 72.4 Å². The number of allylic oxidation sites excluding steroid dienone is 8. The van der Waals surface area contributed by atoms with Gasteiger partial charge in [-0.1, -0.05) is 69.8 Å². The third kappa shape index (κ3) is 3.87. The predicted octanol–water partition coefficient (Wildman–Crippen LogP) is 3.93. The van der Waals surface area contributed by atoms with Gasteiger partial charge in [0.15, 0.2) is 0 Å². The molecule has 0 fully saturated rings. The summed E-state index contributed by atoms with van der Waals surface area (Å²) in [4.78, 5) is 0. The summed E-state index contributed by atoms with van der Waals surface area (Å²) < 4.78 is 0. The smallest absolute Gasteiger partial charge is 0.0262 e. The lowest BCUT2D eigenvalue weighted by Crippen LogP contribution is -1.76. The highest BCUT2D eigenvalue weighted by molar-refractivity contribution is 7.45. The predicted molar refractivity (Wildman–Crippen MR) is 63.2 cm³/mol. The third-order valence-corrected chi connectivity index (χ3v) is 2.38. The Bertz CT molecular complexity index is 282. The second kappa shape index (κ2) is 5.50. The van der Waals surface area contributed by atoms with Gasteiger partial charge in [-0.3, -0.25) is 0 Å². The number of rotatable bonds is 0. The summed E-state index contributed by atoms with van der Waals surface area (Å²) in [6.45, 7) is 7.81. The van der Waals surface area contributed by atoms with Gasteiger partial charge in [-0.25, -0.2) is 0 Å². The summed E-state index contributed by atoms with van der Waals surface area (Å²) in [6.07, 6.45) is 12.0. The van der Waals surface area contributed by atoms with Crippen LogP contribution in [0, 0.1) is 0 Å². The van der Waals surface area contributed by atoms with Crippen LogP contribution in [-0.4, -0.2) is 0 Å². The van der Waals surface area contributed by atoms with Crippen LogP contribution in [0.2, 0.25) is 0 Å². The van der Waals surface area contributed by atoms with E-state index < -0.39 is 0 Å². The molecule has 0 aromatic heterocycles. The van der Waals surface area contributed by atoms with Crippen molar-refractivity contribution in [1.29, 1.82) is 0 Å². The molecule has 0 amide bonds. The van der Waals surface area contributed by atoms with Crippen LogP contribution in [-0.2, 0) is 0 Å². The van der Waals surface area contributed by atoms with Crippen molar-refractivity contribution in [2.24, 2.45) is 0 Å². The van der Waals surface area contributed by atoms with Crippen molar-refractivity contribution in [3.63, 3.8) is 0 Å². The van der Waals surface area contributed by atoms with E-state index in [2.05, 4.69) is 24.8 Å². The van der Waals surface area contributed by atoms with E-state index in [9.17, 15) is 0 Å². The molecule has 0 saturated heterocycles. The molecule has 13 heavy (non-hydrogen) atoms. The molecule has 1 heterocycles. The molecule has 1 aliphatic heterocycles.